The van der Waals surface area contributed by atoms with Gasteiger partial charge in [0, 0.05) is 6.42 Å². The smallest absolute Gasteiger partial charge is 0.323 e. The third-order valence-electron chi connectivity index (χ3n) is 2.75. The van der Waals surface area contributed by atoms with Crippen LogP contribution in [0.2, 0.25) is 0 Å². The quantitative estimate of drug-likeness (QED) is 0.673. The van der Waals surface area contributed by atoms with Crippen LogP contribution in [0.5, 0.6) is 0 Å². The summed E-state index contributed by atoms with van der Waals surface area (Å²) in [5, 5.41) is 8.64. The zero-order chi connectivity index (χ0) is 13.8. The predicted octanol–water partition coefficient (Wildman–Crippen LogP) is -0.642. The second kappa shape index (κ2) is 5.87. The van der Waals surface area contributed by atoms with Gasteiger partial charge in [-0.2, -0.15) is 0 Å². The number of carboxylic acid groups (broad SMARTS) is 1. The molecule has 1 heterocycles. The fourth-order valence-corrected chi connectivity index (χ4v) is 3.78. The average Bonchev–Trinajstić information content (AvgIpc) is 2.56. The maximum Gasteiger partial charge on any atom is 0.323 e. The van der Waals surface area contributed by atoms with Crippen molar-refractivity contribution in [1.29, 1.82) is 0 Å². The minimum Gasteiger partial charge on any atom is -0.480 e. The van der Waals surface area contributed by atoms with E-state index in [1.807, 2.05) is 0 Å². The zero-order valence-electron chi connectivity index (χ0n) is 9.83. The van der Waals surface area contributed by atoms with Gasteiger partial charge in [0.25, 0.3) is 0 Å². The Morgan fingerprint density at radius 3 is 2.56 bits per heavy atom. The number of aliphatic carboxylic acids is 1. The Bertz CT molecular complexity index is 476. The Labute approximate surface area is 106 Å². The van der Waals surface area contributed by atoms with Crippen molar-refractivity contribution in [1.82, 2.24) is 4.90 Å². The second-order valence-corrected chi connectivity index (χ2v) is 6.55. The third kappa shape index (κ3) is 4.37. The minimum atomic E-state index is -3.03. The average molecular weight is 273 g/mol. The predicted molar refractivity (Wildman–Crippen MR) is 64.4 cm³/mol. The van der Waals surface area contributed by atoms with E-state index in [2.05, 4.69) is 5.92 Å². The number of hydrogen-bond acceptors (Lipinski definition) is 4. The number of terminal acetylenes is 1. The lowest BCUT2D eigenvalue weighted by atomic mass is 10.0. The fourth-order valence-electron chi connectivity index (χ4n) is 1.91. The molecule has 100 valence electrons. The molecule has 18 heavy (non-hydrogen) atoms. The summed E-state index contributed by atoms with van der Waals surface area (Å²) in [6, 6.07) is 0. The van der Waals surface area contributed by atoms with Gasteiger partial charge in [0.2, 0.25) is 5.91 Å². The summed E-state index contributed by atoms with van der Waals surface area (Å²) in [4.78, 5) is 23.4. The van der Waals surface area contributed by atoms with Gasteiger partial charge in [0.1, 0.15) is 6.54 Å². The van der Waals surface area contributed by atoms with Crippen LogP contribution in [0.3, 0.4) is 0 Å². The molecule has 0 aliphatic carbocycles. The molecule has 0 aromatic rings. The Balaban J connectivity index is 2.57. The monoisotopic (exact) mass is 273 g/mol. The second-order valence-electron chi connectivity index (χ2n) is 4.32. The van der Waals surface area contributed by atoms with E-state index in [4.69, 9.17) is 11.5 Å². The highest BCUT2D eigenvalue weighted by atomic mass is 32.2. The van der Waals surface area contributed by atoms with Crippen LogP contribution in [-0.2, 0) is 19.4 Å². The normalized spacial score (nSPS) is 21.2. The largest absolute Gasteiger partial charge is 0.480 e. The highest BCUT2D eigenvalue weighted by Gasteiger charge is 2.30. The molecule has 6 nitrogen and oxygen atoms in total. The molecular weight excluding hydrogens is 258 g/mol. The van der Waals surface area contributed by atoms with Gasteiger partial charge in [-0.3, -0.25) is 9.59 Å². The number of carbonyl (C=O) groups is 2. The minimum absolute atomic E-state index is 0.00426. The van der Waals surface area contributed by atoms with Crippen molar-refractivity contribution in [3.8, 4) is 12.3 Å². The van der Waals surface area contributed by atoms with E-state index in [0.717, 1.165) is 4.90 Å². The van der Waals surface area contributed by atoms with Crippen LogP contribution in [0.4, 0.5) is 0 Å². The summed E-state index contributed by atoms with van der Waals surface area (Å²) in [5.41, 5.74) is 0. The SMILES string of the molecule is C#CCN(CC(=O)O)C(=O)CC1CCS(=O)(=O)C1. The van der Waals surface area contributed by atoms with Crippen molar-refractivity contribution >= 4 is 21.7 Å². The third-order valence-corrected chi connectivity index (χ3v) is 4.59. The number of amides is 1. The Morgan fingerprint density at radius 2 is 2.11 bits per heavy atom. The molecule has 1 N–H and O–H groups in total. The standard InChI is InChI=1S/C11H15NO5S/c1-2-4-12(7-11(14)15)10(13)6-9-3-5-18(16,17)8-9/h1,9H,3-8H2,(H,14,15). The molecule has 1 saturated heterocycles. The zero-order valence-corrected chi connectivity index (χ0v) is 10.6. The summed E-state index contributed by atoms with van der Waals surface area (Å²) in [7, 11) is -3.03. The number of hydrogen-bond donors (Lipinski definition) is 1. The molecule has 1 aliphatic heterocycles. The van der Waals surface area contributed by atoms with Crippen LogP contribution in [0.1, 0.15) is 12.8 Å². The van der Waals surface area contributed by atoms with Crippen LogP contribution in [0, 0.1) is 18.3 Å². The van der Waals surface area contributed by atoms with E-state index in [0.29, 0.717) is 6.42 Å². The molecule has 7 heteroatoms. The highest BCUT2D eigenvalue weighted by molar-refractivity contribution is 7.91. The summed E-state index contributed by atoms with van der Waals surface area (Å²) < 4.78 is 22.5. The Hall–Kier alpha value is -1.55. The van der Waals surface area contributed by atoms with Crippen molar-refractivity contribution in [3.63, 3.8) is 0 Å². The first-order chi connectivity index (χ1) is 8.34. The van der Waals surface area contributed by atoms with Gasteiger partial charge in [-0.15, -0.1) is 6.42 Å². The van der Waals surface area contributed by atoms with E-state index in [9.17, 15) is 18.0 Å². The summed E-state index contributed by atoms with van der Waals surface area (Å²) >= 11 is 0. The van der Waals surface area contributed by atoms with Crippen molar-refractivity contribution in [2.75, 3.05) is 24.6 Å². The van der Waals surface area contributed by atoms with Crippen LogP contribution in [-0.4, -0.2) is 54.9 Å². The van der Waals surface area contributed by atoms with Gasteiger partial charge < -0.3 is 10.0 Å². The Morgan fingerprint density at radius 1 is 1.44 bits per heavy atom. The summed E-state index contributed by atoms with van der Waals surface area (Å²) in [6.07, 6.45) is 5.55. The molecule has 1 rings (SSSR count). The first-order valence-corrected chi connectivity index (χ1v) is 7.29. The van der Waals surface area contributed by atoms with E-state index < -0.39 is 28.3 Å². The first kappa shape index (κ1) is 14.5. The van der Waals surface area contributed by atoms with E-state index in [-0.39, 0.29) is 30.4 Å². The molecule has 0 saturated carbocycles. The van der Waals surface area contributed by atoms with Crippen LogP contribution in [0.15, 0.2) is 0 Å². The number of nitrogens with zero attached hydrogens (tertiary/aromatic N) is 1. The Kier molecular flexibility index (Phi) is 4.73. The first-order valence-electron chi connectivity index (χ1n) is 5.47. The van der Waals surface area contributed by atoms with Gasteiger partial charge in [-0.1, -0.05) is 5.92 Å². The fraction of sp³-hybridized carbons (Fsp3) is 0.636. The molecule has 0 aromatic carbocycles. The summed E-state index contributed by atoms with van der Waals surface area (Å²) in [6.45, 7) is -0.535. The van der Waals surface area contributed by atoms with Gasteiger partial charge in [-0.25, -0.2) is 8.42 Å². The lowest BCUT2D eigenvalue weighted by Gasteiger charge is -2.19. The van der Waals surface area contributed by atoms with Crippen molar-refractivity contribution in [3.05, 3.63) is 0 Å². The van der Waals surface area contributed by atoms with Crippen molar-refractivity contribution in [2.24, 2.45) is 5.92 Å². The molecule has 1 aliphatic rings. The summed E-state index contributed by atoms with van der Waals surface area (Å²) in [5.74, 6) is 0.539. The molecular formula is C11H15NO5S. The number of carbonyl (C=O) groups excluding carboxylic acids is 1. The molecule has 0 spiro atoms. The molecule has 1 amide bonds. The lowest BCUT2D eigenvalue weighted by molar-refractivity contribution is -0.144. The molecule has 1 fully saturated rings. The topological polar surface area (TPSA) is 91.8 Å². The van der Waals surface area contributed by atoms with Gasteiger partial charge in [-0.05, 0) is 12.3 Å². The number of carboxylic acids is 1. The van der Waals surface area contributed by atoms with Gasteiger partial charge >= 0.3 is 5.97 Å². The molecule has 0 aromatic heterocycles. The molecule has 1 atom stereocenters. The maximum atomic E-state index is 11.8. The van der Waals surface area contributed by atoms with Gasteiger partial charge in [0.05, 0.1) is 18.1 Å². The number of sulfone groups is 1. The number of rotatable bonds is 5. The van der Waals surface area contributed by atoms with Crippen molar-refractivity contribution in [2.45, 2.75) is 12.8 Å². The highest BCUT2D eigenvalue weighted by Crippen LogP contribution is 2.22. The molecule has 0 radical (unpaired) electrons. The van der Waals surface area contributed by atoms with Crippen LogP contribution in [0.25, 0.3) is 0 Å². The van der Waals surface area contributed by atoms with Crippen LogP contribution < -0.4 is 0 Å². The molecule has 0 bridgehead atoms. The van der Waals surface area contributed by atoms with Crippen molar-refractivity contribution < 1.29 is 23.1 Å². The van der Waals surface area contributed by atoms with E-state index >= 15 is 0 Å². The van der Waals surface area contributed by atoms with Crippen LogP contribution >= 0.6 is 0 Å². The lowest BCUT2D eigenvalue weighted by Crippen LogP contribution is -2.37. The maximum absolute atomic E-state index is 11.8. The van der Waals surface area contributed by atoms with E-state index in [1.165, 1.54) is 0 Å². The van der Waals surface area contributed by atoms with Gasteiger partial charge in [0.15, 0.2) is 9.84 Å². The van der Waals surface area contributed by atoms with E-state index in [1.54, 1.807) is 0 Å². The molecule has 1 unspecified atom stereocenters.